The minimum absolute atomic E-state index is 0.116. The molecule has 1 rings (SSSR count). The fourth-order valence-electron chi connectivity index (χ4n) is 10.9. The highest BCUT2D eigenvalue weighted by molar-refractivity contribution is 5.80. The fourth-order valence-corrected chi connectivity index (χ4v) is 10.9. The van der Waals surface area contributed by atoms with E-state index >= 15 is 0 Å². The van der Waals surface area contributed by atoms with Gasteiger partial charge >= 0.3 is 5.97 Å². The van der Waals surface area contributed by atoms with Gasteiger partial charge in [0.2, 0.25) is 5.91 Å². The van der Waals surface area contributed by atoms with E-state index in [1.807, 2.05) is 6.08 Å². The van der Waals surface area contributed by atoms with E-state index in [0.717, 1.165) is 77.0 Å². The van der Waals surface area contributed by atoms with Gasteiger partial charge in [0, 0.05) is 6.42 Å². The van der Waals surface area contributed by atoms with Crippen LogP contribution in [0.25, 0.3) is 0 Å². The van der Waals surface area contributed by atoms with Gasteiger partial charge in [-0.1, -0.05) is 288 Å². The first-order valence-corrected chi connectivity index (χ1v) is 34.9. The number of ether oxygens (including phenoxy) is 3. The Kier molecular flexibility index (Phi) is 55.8. The molecule has 0 saturated carbocycles. The molecule has 11 heteroatoms. The number of unbranched alkanes of at least 4 members (excludes halogenated alkanes) is 40. The van der Waals surface area contributed by atoms with Crippen LogP contribution in [0.5, 0.6) is 0 Å². The van der Waals surface area contributed by atoms with Crippen LogP contribution >= 0.6 is 0 Å². The van der Waals surface area contributed by atoms with Crippen molar-refractivity contribution in [3.8, 4) is 0 Å². The van der Waals surface area contributed by atoms with E-state index in [9.17, 15) is 35.1 Å². The van der Waals surface area contributed by atoms with E-state index in [1.165, 1.54) is 205 Å². The highest BCUT2D eigenvalue weighted by atomic mass is 16.7. The third-order valence-corrected chi connectivity index (χ3v) is 16.5. The second kappa shape index (κ2) is 59.0. The Morgan fingerprint density at radius 2 is 0.841 bits per heavy atom. The lowest BCUT2D eigenvalue weighted by Gasteiger charge is -2.41. The van der Waals surface area contributed by atoms with Crippen LogP contribution in [0.3, 0.4) is 0 Å². The number of allylic oxidation sites excluding steroid dienone is 7. The lowest BCUT2D eigenvalue weighted by atomic mass is 9.99. The summed E-state index contributed by atoms with van der Waals surface area (Å²) in [5.74, 6) is -1.19. The summed E-state index contributed by atoms with van der Waals surface area (Å²) in [4.78, 5) is 26.6. The van der Waals surface area contributed by atoms with Gasteiger partial charge in [-0.15, -0.1) is 0 Å². The van der Waals surface area contributed by atoms with Gasteiger partial charge in [-0.05, 0) is 83.5 Å². The number of nitrogens with one attached hydrogen (secondary N) is 1. The molecule has 1 aliphatic heterocycles. The average Bonchev–Trinajstić information content (AvgIpc) is 3.60. The van der Waals surface area contributed by atoms with Crippen LogP contribution in [0.1, 0.15) is 329 Å². The minimum atomic E-state index is -1.62. The van der Waals surface area contributed by atoms with E-state index in [1.54, 1.807) is 6.08 Å². The van der Waals surface area contributed by atoms with Crippen LogP contribution in [0.4, 0.5) is 0 Å². The maximum atomic E-state index is 13.5. The lowest BCUT2D eigenvalue weighted by Crippen LogP contribution is -2.61. The molecule has 0 aliphatic carbocycles. The summed E-state index contributed by atoms with van der Waals surface area (Å²) < 4.78 is 17.7. The molecule has 1 heterocycles. The lowest BCUT2D eigenvalue weighted by molar-refractivity contribution is -0.305. The normalized spacial score (nSPS) is 18.9. The first kappa shape index (κ1) is 77.6. The maximum Gasteiger partial charge on any atom is 0.306 e. The Balaban J connectivity index is 2.58. The van der Waals surface area contributed by atoms with Gasteiger partial charge in [0.25, 0.3) is 0 Å². The van der Waals surface area contributed by atoms with Gasteiger partial charge in [-0.3, -0.25) is 9.59 Å². The molecule has 0 aromatic carbocycles. The highest BCUT2D eigenvalue weighted by Gasteiger charge is 2.47. The van der Waals surface area contributed by atoms with Crippen LogP contribution in [-0.4, -0.2) is 99.6 Å². The first-order valence-electron chi connectivity index (χ1n) is 34.9. The van der Waals surface area contributed by atoms with E-state index in [2.05, 4.69) is 62.5 Å². The topological polar surface area (TPSA) is 175 Å². The molecule has 0 aromatic rings. The summed E-state index contributed by atoms with van der Waals surface area (Å²) >= 11 is 0. The van der Waals surface area contributed by atoms with E-state index in [-0.39, 0.29) is 13.0 Å². The molecular formula is C71H131NO10. The Labute approximate surface area is 504 Å². The van der Waals surface area contributed by atoms with Gasteiger partial charge in [0.15, 0.2) is 12.4 Å². The van der Waals surface area contributed by atoms with Crippen molar-refractivity contribution in [1.82, 2.24) is 5.32 Å². The summed E-state index contributed by atoms with van der Waals surface area (Å²) in [6, 6.07) is -1.02. The summed E-state index contributed by atoms with van der Waals surface area (Å²) in [5, 5.41) is 57.2. The number of rotatable bonds is 60. The van der Waals surface area contributed by atoms with Crippen LogP contribution in [-0.2, 0) is 23.8 Å². The van der Waals surface area contributed by atoms with Crippen molar-refractivity contribution >= 4 is 11.9 Å². The van der Waals surface area contributed by atoms with Crippen LogP contribution < -0.4 is 5.32 Å². The Morgan fingerprint density at radius 3 is 1.28 bits per heavy atom. The number of aliphatic hydroxyl groups excluding tert-OH is 5. The van der Waals surface area contributed by atoms with Crippen LogP contribution in [0.2, 0.25) is 0 Å². The number of hydrogen-bond donors (Lipinski definition) is 6. The van der Waals surface area contributed by atoms with Gasteiger partial charge in [0.1, 0.15) is 24.4 Å². The minimum Gasteiger partial charge on any atom is -0.454 e. The largest absolute Gasteiger partial charge is 0.454 e. The molecule has 0 aromatic heterocycles. The van der Waals surface area contributed by atoms with Crippen LogP contribution in [0, 0.1) is 0 Å². The summed E-state index contributed by atoms with van der Waals surface area (Å²) in [5.41, 5.74) is 0. The highest BCUT2D eigenvalue weighted by Crippen LogP contribution is 2.26. The standard InChI is InChI=1S/C71H131NO10/c1-4-7-10-13-16-19-22-25-27-29-30-31-32-33-34-35-37-38-40-43-46-49-52-55-58-64(75)70(79)72-62(63(74)57-54-51-48-45-42-24-21-18-15-12-9-6-3)61-80-71-69(68(78)67(77)65(60-73)81-71)82-66(76)59-56-53-50-47-44-41-39-36-28-26-23-20-17-14-11-8-5-2/h17,20,25-28,54,57,62-65,67-69,71,73-75,77-78H,4-16,18-19,21-24,29-53,55-56,58-61H2,1-3H3,(H,72,79)/b20-17-,27-25+,28-26-,57-54+. The number of amides is 1. The Hall–Kier alpha value is -2.38. The number of esters is 1. The van der Waals surface area contributed by atoms with Crippen LogP contribution in [0.15, 0.2) is 48.6 Å². The molecule has 8 unspecified atom stereocenters. The molecular weight excluding hydrogens is 1030 g/mol. The average molecular weight is 1160 g/mol. The predicted molar refractivity (Wildman–Crippen MR) is 343 cm³/mol. The second-order valence-corrected chi connectivity index (χ2v) is 24.3. The predicted octanol–water partition coefficient (Wildman–Crippen LogP) is 17.6. The van der Waals surface area contributed by atoms with Crippen molar-refractivity contribution < 1.29 is 49.3 Å². The summed E-state index contributed by atoms with van der Waals surface area (Å²) in [7, 11) is 0. The molecule has 0 bridgehead atoms. The van der Waals surface area contributed by atoms with Crippen molar-refractivity contribution in [2.24, 2.45) is 0 Å². The third-order valence-electron chi connectivity index (χ3n) is 16.5. The molecule has 1 aliphatic rings. The second-order valence-electron chi connectivity index (χ2n) is 24.3. The van der Waals surface area contributed by atoms with Gasteiger partial charge in [-0.25, -0.2) is 0 Å². The third kappa shape index (κ3) is 45.9. The number of carbonyl (C=O) groups excluding carboxylic acids is 2. The zero-order chi connectivity index (χ0) is 59.6. The molecule has 480 valence electrons. The zero-order valence-electron chi connectivity index (χ0n) is 53.4. The molecule has 1 saturated heterocycles. The summed E-state index contributed by atoms with van der Waals surface area (Å²) in [6.45, 7) is 5.79. The molecule has 82 heavy (non-hydrogen) atoms. The van der Waals surface area contributed by atoms with Gasteiger partial charge in [0.05, 0.1) is 25.4 Å². The van der Waals surface area contributed by atoms with Crippen molar-refractivity contribution in [2.45, 2.75) is 378 Å². The van der Waals surface area contributed by atoms with Crippen molar-refractivity contribution in [2.75, 3.05) is 13.2 Å². The smallest absolute Gasteiger partial charge is 0.306 e. The Bertz CT molecular complexity index is 1520. The van der Waals surface area contributed by atoms with Crippen molar-refractivity contribution in [1.29, 1.82) is 0 Å². The first-order chi connectivity index (χ1) is 40.2. The van der Waals surface area contributed by atoms with Crippen molar-refractivity contribution in [3.05, 3.63) is 48.6 Å². The summed E-state index contributed by atoms with van der Waals surface area (Å²) in [6.07, 6.45) is 62.9. The molecule has 6 N–H and O–H groups in total. The number of hydrogen-bond acceptors (Lipinski definition) is 10. The zero-order valence-corrected chi connectivity index (χ0v) is 53.4. The molecule has 8 atom stereocenters. The molecule has 0 spiro atoms. The molecule has 1 amide bonds. The maximum absolute atomic E-state index is 13.5. The van der Waals surface area contributed by atoms with E-state index < -0.39 is 67.4 Å². The molecule has 0 radical (unpaired) electrons. The van der Waals surface area contributed by atoms with Gasteiger partial charge in [-0.2, -0.15) is 0 Å². The SMILES string of the molecule is CCCCC/C=C\C/C=C\CCCCCCCCCC(=O)OC1C(OCC(NC(=O)C(O)CCCCCCCCCCCCCCCC/C=C/CCCCCCCC)C(O)/C=C/CCCCCCCCCCCC)OC(CO)C(O)C1O. The monoisotopic (exact) mass is 1160 g/mol. The van der Waals surface area contributed by atoms with Crippen molar-refractivity contribution in [3.63, 3.8) is 0 Å². The molecule has 1 fully saturated rings. The number of carbonyl (C=O) groups is 2. The number of aliphatic hydroxyl groups is 5. The fraction of sp³-hybridized carbons (Fsp3) is 0.859. The molecule has 11 nitrogen and oxygen atoms in total. The van der Waals surface area contributed by atoms with E-state index in [4.69, 9.17) is 14.2 Å². The quantitative estimate of drug-likeness (QED) is 0.0195. The van der Waals surface area contributed by atoms with E-state index in [0.29, 0.717) is 19.3 Å². The Morgan fingerprint density at radius 1 is 0.476 bits per heavy atom. The van der Waals surface area contributed by atoms with Gasteiger partial charge < -0.3 is 45.1 Å².